The topological polar surface area (TPSA) is 21.7 Å². The van der Waals surface area contributed by atoms with Crippen LogP contribution in [0.2, 0.25) is 0 Å². The summed E-state index contributed by atoms with van der Waals surface area (Å²) in [6.45, 7) is 0. The fourth-order valence-electron chi connectivity index (χ4n) is 10.3. The molecule has 62 heavy (non-hydrogen) atoms. The third kappa shape index (κ3) is 6.27. The molecule has 0 bridgehead atoms. The Kier molecular flexibility index (Phi) is 8.99. The van der Waals surface area contributed by atoms with Crippen LogP contribution in [0, 0.1) is 0 Å². The first-order chi connectivity index (χ1) is 30.7. The molecule has 0 saturated carbocycles. The lowest BCUT2D eigenvalue weighted by molar-refractivity contribution is 0.440. The number of anilines is 3. The Bertz CT molecular complexity index is 3050. The van der Waals surface area contributed by atoms with Crippen molar-refractivity contribution in [1.82, 2.24) is 0 Å². The molecular weight excluding hydrogens is 755 g/mol. The van der Waals surface area contributed by atoms with Gasteiger partial charge in [0.2, 0.25) is 0 Å². The van der Waals surface area contributed by atoms with E-state index in [2.05, 4.69) is 199 Å². The maximum atomic E-state index is 7.47. The van der Waals surface area contributed by atoms with Gasteiger partial charge in [0.15, 0.2) is 23.0 Å². The van der Waals surface area contributed by atoms with E-state index in [0.717, 1.165) is 101 Å². The average Bonchev–Trinajstić information content (AvgIpc) is 3.48. The largest absolute Gasteiger partial charge is 0.453 e. The van der Waals surface area contributed by atoms with Crippen molar-refractivity contribution in [2.45, 2.75) is 44.4 Å². The predicted octanol–water partition coefficient (Wildman–Crippen LogP) is 16.4. The van der Waals surface area contributed by atoms with Gasteiger partial charge in [-0.05, 0) is 136 Å². The van der Waals surface area contributed by atoms with Gasteiger partial charge in [0.25, 0.3) is 0 Å². The predicted molar refractivity (Wildman–Crippen MR) is 255 cm³/mol. The molecular formula is C59H45NO2. The maximum absolute atomic E-state index is 7.47. The lowest BCUT2D eigenvalue weighted by atomic mass is 9.78. The second-order valence-corrected chi connectivity index (χ2v) is 16.9. The van der Waals surface area contributed by atoms with Crippen molar-refractivity contribution in [1.29, 1.82) is 0 Å². The minimum absolute atomic E-state index is 0.0502. The molecule has 2 aliphatic heterocycles. The van der Waals surface area contributed by atoms with E-state index in [1.807, 2.05) is 0 Å². The Morgan fingerprint density at radius 2 is 1.16 bits per heavy atom. The van der Waals surface area contributed by atoms with Crippen LogP contribution in [0.1, 0.15) is 54.7 Å². The standard InChI is InChI=1S/C59H45NO2/c1-2-13-27-47-41(21-6-1)25-16-26-46(35-50(47)42-22-11-5-12-23-42)49-32-29-43-24-14-15-28-48(43)51-38-56-58-59(57(49)51)62-55-37-45(40-19-9-4-10-20-40)31-34-53(55)60(58)52-33-30-44(36-54(52)61-56)39-17-7-3-8-18-39/h2-5,7-15,17-24,26-28,30-31,33-38,49H,1,6,16,25,29,32H2/b13-2-,41-21-,46-26+,47-27+,50-35-. The number of fused-ring (bicyclic) bond motifs is 9. The zero-order valence-electron chi connectivity index (χ0n) is 34.6. The van der Waals surface area contributed by atoms with Crippen LogP contribution in [-0.2, 0) is 6.42 Å². The smallest absolute Gasteiger partial charge is 0.159 e. The molecule has 1 atom stereocenters. The van der Waals surface area contributed by atoms with E-state index >= 15 is 0 Å². The molecule has 1 unspecified atom stereocenters. The summed E-state index contributed by atoms with van der Waals surface area (Å²) in [4.78, 5) is 2.40. The molecule has 0 aromatic heterocycles. The molecule has 5 aliphatic rings. The van der Waals surface area contributed by atoms with Crippen molar-refractivity contribution < 1.29 is 9.47 Å². The number of ether oxygens (including phenoxy) is 2. The van der Waals surface area contributed by atoms with Gasteiger partial charge in [-0.1, -0.05) is 164 Å². The highest BCUT2D eigenvalue weighted by molar-refractivity contribution is 5.99. The SMILES string of the molecule is C1=C\CC/C=C2/CC/C=C(C3CCc4ccccc4-c4cc5c6c(c43)Oc3cc(-c4ccccc4)ccc3N6c3ccc(-c4ccccc4)cc3O5)\C=C(c3ccccc3)/C2=C/1. The first-order valence-corrected chi connectivity index (χ1v) is 22.1. The summed E-state index contributed by atoms with van der Waals surface area (Å²) in [5.41, 5.74) is 19.1. The molecule has 3 heteroatoms. The first-order valence-electron chi connectivity index (χ1n) is 22.1. The van der Waals surface area contributed by atoms with Gasteiger partial charge in [-0.2, -0.15) is 0 Å². The van der Waals surface area contributed by atoms with E-state index in [9.17, 15) is 0 Å². The van der Waals surface area contributed by atoms with Crippen LogP contribution in [0.4, 0.5) is 17.1 Å². The van der Waals surface area contributed by atoms with Crippen molar-refractivity contribution in [3.05, 3.63) is 228 Å². The molecule has 0 saturated heterocycles. The summed E-state index contributed by atoms with van der Waals surface area (Å²) in [7, 11) is 0. The zero-order chi connectivity index (χ0) is 41.0. The van der Waals surface area contributed by atoms with Crippen molar-refractivity contribution in [3.8, 4) is 56.4 Å². The van der Waals surface area contributed by atoms with Crippen LogP contribution in [0.25, 0.3) is 39.0 Å². The van der Waals surface area contributed by atoms with Gasteiger partial charge in [0, 0.05) is 11.5 Å². The normalized spacial score (nSPS) is 20.9. The molecule has 7 aromatic carbocycles. The molecule has 3 aliphatic carbocycles. The third-order valence-corrected chi connectivity index (χ3v) is 13.2. The van der Waals surface area contributed by atoms with E-state index in [1.165, 1.54) is 50.1 Å². The number of allylic oxidation sites excluding steroid dienone is 10. The summed E-state index contributed by atoms with van der Waals surface area (Å²) in [5, 5.41) is 0. The Balaban J connectivity index is 1.10. The van der Waals surface area contributed by atoms with E-state index in [0.29, 0.717) is 0 Å². The second-order valence-electron chi connectivity index (χ2n) is 16.9. The summed E-state index contributed by atoms with van der Waals surface area (Å²) in [5.74, 6) is 3.39. The van der Waals surface area contributed by atoms with Crippen molar-refractivity contribution in [3.63, 3.8) is 0 Å². The van der Waals surface area contributed by atoms with Crippen molar-refractivity contribution in [2.24, 2.45) is 0 Å². The van der Waals surface area contributed by atoms with Crippen LogP contribution in [0.3, 0.4) is 0 Å². The molecule has 2 heterocycles. The zero-order valence-corrected chi connectivity index (χ0v) is 34.6. The van der Waals surface area contributed by atoms with Crippen LogP contribution in [0.15, 0.2) is 211 Å². The molecule has 0 amide bonds. The van der Waals surface area contributed by atoms with Gasteiger partial charge in [-0.25, -0.2) is 0 Å². The molecule has 0 spiro atoms. The maximum Gasteiger partial charge on any atom is 0.159 e. The Morgan fingerprint density at radius 3 is 1.89 bits per heavy atom. The van der Waals surface area contributed by atoms with Crippen LogP contribution >= 0.6 is 0 Å². The first kappa shape index (κ1) is 36.5. The number of hydrogen-bond donors (Lipinski definition) is 0. The van der Waals surface area contributed by atoms with Crippen LogP contribution < -0.4 is 14.4 Å². The number of benzene rings is 7. The summed E-state index contributed by atoms with van der Waals surface area (Å²) >= 11 is 0. The Hall–Kier alpha value is -7.36. The number of hydrogen-bond acceptors (Lipinski definition) is 3. The van der Waals surface area contributed by atoms with Crippen LogP contribution in [-0.4, -0.2) is 0 Å². The summed E-state index contributed by atoms with van der Waals surface area (Å²) in [6.07, 6.45) is 20.4. The second kappa shape index (κ2) is 15.3. The Labute approximate surface area is 363 Å². The number of nitrogens with zero attached hydrogens (tertiary/aromatic N) is 1. The van der Waals surface area contributed by atoms with Gasteiger partial charge < -0.3 is 9.47 Å². The van der Waals surface area contributed by atoms with Crippen LogP contribution in [0.5, 0.6) is 23.0 Å². The van der Waals surface area contributed by atoms with E-state index in [4.69, 9.17) is 9.47 Å². The molecule has 0 N–H and O–H groups in total. The fraction of sp³-hybridized carbons (Fsp3) is 0.119. The molecule has 3 nitrogen and oxygen atoms in total. The Morgan fingerprint density at radius 1 is 0.500 bits per heavy atom. The van der Waals surface area contributed by atoms with E-state index in [-0.39, 0.29) is 5.92 Å². The highest BCUT2D eigenvalue weighted by Crippen LogP contribution is 2.65. The lowest BCUT2D eigenvalue weighted by Gasteiger charge is -2.40. The van der Waals surface area contributed by atoms with Gasteiger partial charge in [0.1, 0.15) is 5.69 Å². The molecule has 0 fully saturated rings. The summed E-state index contributed by atoms with van der Waals surface area (Å²) in [6, 6.07) is 56.7. The lowest BCUT2D eigenvalue weighted by Crippen LogP contribution is -2.22. The van der Waals surface area contributed by atoms with Gasteiger partial charge in [-0.15, -0.1) is 0 Å². The minimum atomic E-state index is 0.0502. The number of aryl methyl sites for hydroxylation is 1. The van der Waals surface area contributed by atoms with Gasteiger partial charge >= 0.3 is 0 Å². The quantitative estimate of drug-likeness (QED) is 0.177. The molecule has 12 rings (SSSR count). The summed E-state index contributed by atoms with van der Waals surface area (Å²) < 4.78 is 14.6. The van der Waals surface area contributed by atoms with Crippen molar-refractivity contribution >= 4 is 22.6 Å². The number of rotatable bonds is 4. The molecule has 0 radical (unpaired) electrons. The third-order valence-electron chi connectivity index (χ3n) is 13.2. The fourth-order valence-corrected chi connectivity index (χ4v) is 10.3. The van der Waals surface area contributed by atoms with Gasteiger partial charge in [0.05, 0.1) is 11.4 Å². The van der Waals surface area contributed by atoms with E-state index < -0.39 is 0 Å². The highest BCUT2D eigenvalue weighted by Gasteiger charge is 2.41. The monoisotopic (exact) mass is 799 g/mol. The highest BCUT2D eigenvalue weighted by atomic mass is 16.5. The van der Waals surface area contributed by atoms with Gasteiger partial charge in [-0.3, -0.25) is 4.90 Å². The molecule has 7 aromatic rings. The average molecular weight is 800 g/mol. The van der Waals surface area contributed by atoms with E-state index in [1.54, 1.807) is 0 Å². The minimum Gasteiger partial charge on any atom is -0.453 e. The van der Waals surface area contributed by atoms with Crippen molar-refractivity contribution in [2.75, 3.05) is 4.90 Å². The molecule has 298 valence electrons.